The lowest BCUT2D eigenvalue weighted by Gasteiger charge is -2.44. The normalized spacial score (nSPS) is 22.3. The molecule has 1 N–H and O–H groups in total. The van der Waals surface area contributed by atoms with Crippen LogP contribution in [0.1, 0.15) is 30.9 Å². The largest absolute Gasteiger partial charge is 0.319 e. The molecule has 0 bridgehead atoms. The Morgan fingerprint density at radius 1 is 1.03 bits per heavy atom. The van der Waals surface area contributed by atoms with Crippen molar-refractivity contribution in [1.29, 1.82) is 0 Å². The highest BCUT2D eigenvalue weighted by atomic mass is 32.2. The maximum Gasteiger partial charge on any atom is 0.243 e. The molecule has 1 atom stereocenters. The van der Waals surface area contributed by atoms with E-state index in [0.29, 0.717) is 37.4 Å². The number of aryl methyl sites for hydroxylation is 1. The lowest BCUT2D eigenvalue weighted by molar-refractivity contribution is -0.133. The number of benzene rings is 2. The molecule has 0 radical (unpaired) electrons. The van der Waals surface area contributed by atoms with Crippen LogP contribution >= 0.6 is 0 Å². The average molecular weight is 414 g/mol. The molecule has 6 nitrogen and oxygen atoms in total. The van der Waals surface area contributed by atoms with Crippen molar-refractivity contribution < 1.29 is 13.2 Å². The molecule has 0 aromatic heterocycles. The van der Waals surface area contributed by atoms with Gasteiger partial charge in [-0.3, -0.25) is 10.1 Å². The van der Waals surface area contributed by atoms with Crippen molar-refractivity contribution in [3.05, 3.63) is 65.7 Å². The van der Waals surface area contributed by atoms with Crippen LogP contribution in [0.3, 0.4) is 0 Å². The minimum atomic E-state index is -3.53. The quantitative estimate of drug-likeness (QED) is 0.836. The first-order valence-electron chi connectivity index (χ1n) is 10.0. The van der Waals surface area contributed by atoms with Crippen molar-refractivity contribution in [2.24, 2.45) is 0 Å². The topological polar surface area (TPSA) is 69.7 Å². The molecule has 0 saturated carbocycles. The highest BCUT2D eigenvalue weighted by Gasteiger charge is 2.51. The smallest absolute Gasteiger partial charge is 0.243 e. The summed E-state index contributed by atoms with van der Waals surface area (Å²) >= 11 is 0. The number of rotatable bonds is 4. The van der Waals surface area contributed by atoms with Gasteiger partial charge in [0.15, 0.2) is 0 Å². The summed E-state index contributed by atoms with van der Waals surface area (Å²) < 4.78 is 27.6. The van der Waals surface area contributed by atoms with E-state index in [9.17, 15) is 13.2 Å². The van der Waals surface area contributed by atoms with E-state index in [-0.39, 0.29) is 11.9 Å². The van der Waals surface area contributed by atoms with Gasteiger partial charge in [0, 0.05) is 19.6 Å². The molecular formula is C22H27N3O3S. The van der Waals surface area contributed by atoms with Crippen molar-refractivity contribution in [3.63, 3.8) is 0 Å². The third kappa shape index (κ3) is 3.70. The number of hydrogen-bond acceptors (Lipinski definition) is 4. The Labute approximate surface area is 172 Å². The fraction of sp³-hybridized carbons (Fsp3) is 0.409. The summed E-state index contributed by atoms with van der Waals surface area (Å²) in [6.45, 7) is 5.11. The fourth-order valence-corrected chi connectivity index (χ4v) is 5.79. The van der Waals surface area contributed by atoms with Crippen LogP contribution in [0.15, 0.2) is 59.5 Å². The van der Waals surface area contributed by atoms with E-state index >= 15 is 0 Å². The summed E-state index contributed by atoms with van der Waals surface area (Å²) in [5, 5.41) is 3.46. The first-order chi connectivity index (χ1) is 13.8. The maximum atomic E-state index is 13.0. The van der Waals surface area contributed by atoms with Gasteiger partial charge in [-0.05, 0) is 44.4 Å². The zero-order chi connectivity index (χ0) is 20.6. The zero-order valence-corrected chi connectivity index (χ0v) is 17.7. The number of hydrogen-bond donors (Lipinski definition) is 1. The molecule has 2 aromatic rings. The number of carbonyl (C=O) groups excluding carboxylic acids is 1. The van der Waals surface area contributed by atoms with Crippen LogP contribution in [-0.2, 0) is 21.4 Å². The molecule has 0 unspecified atom stereocenters. The van der Waals surface area contributed by atoms with Gasteiger partial charge in [-0.1, -0.05) is 48.0 Å². The summed E-state index contributed by atoms with van der Waals surface area (Å²) in [7, 11) is -3.53. The van der Waals surface area contributed by atoms with Gasteiger partial charge < -0.3 is 4.90 Å². The monoisotopic (exact) mass is 413 g/mol. The lowest BCUT2D eigenvalue weighted by atomic mass is 9.96. The second-order valence-corrected chi connectivity index (χ2v) is 9.96. The van der Waals surface area contributed by atoms with Crippen molar-refractivity contribution in [3.8, 4) is 0 Å². The lowest BCUT2D eigenvalue weighted by Crippen LogP contribution is -2.59. The van der Waals surface area contributed by atoms with E-state index in [1.54, 1.807) is 16.4 Å². The fourth-order valence-electron chi connectivity index (χ4n) is 4.35. The summed E-state index contributed by atoms with van der Waals surface area (Å²) in [6.07, 6.45) is 1.14. The molecule has 2 aliphatic heterocycles. The Morgan fingerprint density at radius 2 is 1.66 bits per heavy atom. The molecule has 1 amide bonds. The predicted molar refractivity (Wildman–Crippen MR) is 111 cm³/mol. The molecule has 2 saturated heterocycles. The summed E-state index contributed by atoms with van der Waals surface area (Å²) in [6, 6.07) is 16.6. The van der Waals surface area contributed by atoms with E-state index in [1.165, 1.54) is 0 Å². The van der Waals surface area contributed by atoms with Gasteiger partial charge in [0.2, 0.25) is 15.9 Å². The molecule has 2 heterocycles. The number of amides is 1. The van der Waals surface area contributed by atoms with Crippen molar-refractivity contribution in [2.45, 2.75) is 49.8 Å². The number of carbonyl (C=O) groups is 1. The van der Waals surface area contributed by atoms with Gasteiger partial charge >= 0.3 is 0 Å². The molecule has 154 valence electrons. The predicted octanol–water partition coefficient (Wildman–Crippen LogP) is 2.50. The maximum absolute atomic E-state index is 13.0. The highest BCUT2D eigenvalue weighted by molar-refractivity contribution is 7.89. The minimum Gasteiger partial charge on any atom is -0.319 e. The average Bonchev–Trinajstić information content (AvgIpc) is 2.93. The Hall–Kier alpha value is -2.22. The molecule has 7 heteroatoms. The molecule has 4 rings (SSSR count). The molecule has 2 aliphatic rings. The molecule has 2 fully saturated rings. The second-order valence-electron chi connectivity index (χ2n) is 8.02. The number of piperidine rings is 1. The van der Waals surface area contributed by atoms with Crippen LogP contribution in [0.2, 0.25) is 0 Å². The van der Waals surface area contributed by atoms with Crippen molar-refractivity contribution >= 4 is 15.9 Å². The molecular weight excluding hydrogens is 386 g/mol. The Morgan fingerprint density at radius 3 is 2.28 bits per heavy atom. The molecule has 1 spiro atoms. The van der Waals surface area contributed by atoms with E-state index in [2.05, 4.69) is 5.32 Å². The Bertz CT molecular complexity index is 982. The summed E-state index contributed by atoms with van der Waals surface area (Å²) in [5.41, 5.74) is 1.61. The number of nitrogens with one attached hydrogen (secondary N) is 1. The van der Waals surface area contributed by atoms with Crippen molar-refractivity contribution in [1.82, 2.24) is 14.5 Å². The number of sulfonamides is 1. The van der Waals surface area contributed by atoms with Crippen LogP contribution in [-0.4, -0.2) is 48.3 Å². The zero-order valence-electron chi connectivity index (χ0n) is 16.8. The van der Waals surface area contributed by atoms with E-state index in [4.69, 9.17) is 0 Å². The van der Waals surface area contributed by atoms with Gasteiger partial charge in [0.05, 0.1) is 16.6 Å². The Balaban J connectivity index is 1.53. The summed E-state index contributed by atoms with van der Waals surface area (Å²) in [5.74, 6) is 0.0729. The van der Waals surface area contributed by atoms with Gasteiger partial charge in [-0.25, -0.2) is 8.42 Å². The van der Waals surface area contributed by atoms with E-state index in [1.807, 2.05) is 61.2 Å². The first-order valence-corrected chi connectivity index (χ1v) is 11.5. The summed E-state index contributed by atoms with van der Waals surface area (Å²) in [4.78, 5) is 15.1. The van der Waals surface area contributed by atoms with Crippen LogP contribution in [0.25, 0.3) is 0 Å². The first kappa shape index (κ1) is 20.1. The standard InChI is InChI=1S/C22H27N3O3S/c1-17-8-10-20(11-9-17)29(27,28)24-14-12-22(13-15-24)23-18(2)21(26)25(22)16-19-6-4-3-5-7-19/h3-11,18,23H,12-16H2,1-2H3/t18-/m1/s1. The van der Waals surface area contributed by atoms with Crippen LogP contribution in [0.5, 0.6) is 0 Å². The SMILES string of the molecule is Cc1ccc(S(=O)(=O)N2CCC3(CC2)N[C@H](C)C(=O)N3Cc2ccccc2)cc1. The van der Waals surface area contributed by atoms with E-state index < -0.39 is 15.7 Å². The Kier molecular flexibility index (Phi) is 5.23. The van der Waals surface area contributed by atoms with Crippen molar-refractivity contribution in [2.75, 3.05) is 13.1 Å². The van der Waals surface area contributed by atoms with Crippen LogP contribution in [0, 0.1) is 6.92 Å². The highest BCUT2D eigenvalue weighted by Crippen LogP contribution is 2.35. The third-order valence-electron chi connectivity index (χ3n) is 6.03. The van der Waals surface area contributed by atoms with Crippen LogP contribution in [0.4, 0.5) is 0 Å². The van der Waals surface area contributed by atoms with Gasteiger partial charge in [-0.15, -0.1) is 0 Å². The second kappa shape index (κ2) is 7.55. The molecule has 0 aliphatic carbocycles. The third-order valence-corrected chi connectivity index (χ3v) is 7.94. The van der Waals surface area contributed by atoms with Gasteiger partial charge in [0.25, 0.3) is 0 Å². The van der Waals surface area contributed by atoms with Gasteiger partial charge in [0.1, 0.15) is 0 Å². The van der Waals surface area contributed by atoms with E-state index in [0.717, 1.165) is 11.1 Å². The minimum absolute atomic E-state index is 0.0729. The number of nitrogens with zero attached hydrogens (tertiary/aromatic N) is 2. The molecule has 2 aromatic carbocycles. The molecule has 29 heavy (non-hydrogen) atoms. The van der Waals surface area contributed by atoms with Gasteiger partial charge in [-0.2, -0.15) is 4.31 Å². The van der Waals surface area contributed by atoms with Crippen LogP contribution < -0.4 is 5.32 Å².